The monoisotopic (exact) mass is 238 g/mol. The summed E-state index contributed by atoms with van der Waals surface area (Å²) in [5, 5.41) is 2.26. The Kier molecular flexibility index (Phi) is 4.64. The second-order valence-corrected chi connectivity index (χ2v) is 4.00. The van der Waals surface area contributed by atoms with Gasteiger partial charge >= 0.3 is 0 Å². The maximum absolute atomic E-state index is 5.76. The Morgan fingerprint density at radius 2 is 2.06 bits per heavy atom. The number of para-hydroxylation sites is 2. The predicted octanol–water partition coefficient (Wildman–Crippen LogP) is 0.426. The van der Waals surface area contributed by atoms with Crippen molar-refractivity contribution in [3.05, 3.63) is 24.3 Å². The Morgan fingerprint density at radius 1 is 1.29 bits per heavy atom. The Balaban J connectivity index is 1.88. The van der Waals surface area contributed by atoms with Crippen LogP contribution in [0.5, 0.6) is 11.5 Å². The molecule has 2 rings (SSSR count). The van der Waals surface area contributed by atoms with Gasteiger partial charge in [-0.25, -0.2) is 0 Å². The molecule has 1 saturated heterocycles. The number of benzene rings is 1. The van der Waals surface area contributed by atoms with Crippen molar-refractivity contribution < 1.29 is 19.5 Å². The van der Waals surface area contributed by atoms with Gasteiger partial charge < -0.3 is 19.5 Å². The maximum atomic E-state index is 5.76. The van der Waals surface area contributed by atoms with Crippen LogP contribution in [0.25, 0.3) is 0 Å². The van der Waals surface area contributed by atoms with Crippen LogP contribution in [0.2, 0.25) is 0 Å². The summed E-state index contributed by atoms with van der Waals surface area (Å²) in [4.78, 5) is 0. The third-order valence-electron chi connectivity index (χ3n) is 2.68. The van der Waals surface area contributed by atoms with Gasteiger partial charge in [-0.2, -0.15) is 0 Å². The first kappa shape index (κ1) is 12.2. The highest BCUT2D eigenvalue weighted by molar-refractivity contribution is 5.39. The van der Waals surface area contributed by atoms with Gasteiger partial charge in [0.2, 0.25) is 0 Å². The van der Waals surface area contributed by atoms with Crippen molar-refractivity contribution in [1.29, 1.82) is 0 Å². The van der Waals surface area contributed by atoms with E-state index in [2.05, 4.69) is 5.32 Å². The van der Waals surface area contributed by atoms with Crippen LogP contribution in [0, 0.1) is 0 Å². The van der Waals surface area contributed by atoms with Crippen LogP contribution in [0.1, 0.15) is 6.92 Å². The molecule has 17 heavy (non-hydrogen) atoms. The van der Waals surface area contributed by atoms with E-state index in [1.807, 2.05) is 31.2 Å². The second kappa shape index (κ2) is 6.47. The summed E-state index contributed by atoms with van der Waals surface area (Å²) >= 11 is 0. The van der Waals surface area contributed by atoms with Crippen molar-refractivity contribution in [3.63, 3.8) is 0 Å². The van der Waals surface area contributed by atoms with Crippen molar-refractivity contribution in [2.75, 3.05) is 32.9 Å². The molecule has 0 saturated carbocycles. The highest BCUT2D eigenvalue weighted by atomic mass is 16.5. The number of nitrogens with two attached hydrogens (primary N) is 1. The van der Waals surface area contributed by atoms with E-state index in [1.165, 1.54) is 0 Å². The first-order valence-electron chi connectivity index (χ1n) is 6.18. The van der Waals surface area contributed by atoms with Gasteiger partial charge in [0.25, 0.3) is 0 Å². The Labute approximate surface area is 102 Å². The summed E-state index contributed by atoms with van der Waals surface area (Å²) in [5.74, 6) is 1.60. The Hall–Kier alpha value is -1.26. The van der Waals surface area contributed by atoms with Crippen molar-refractivity contribution in [3.8, 4) is 11.5 Å². The molecule has 1 fully saturated rings. The third kappa shape index (κ3) is 3.61. The van der Waals surface area contributed by atoms with E-state index in [4.69, 9.17) is 14.2 Å². The van der Waals surface area contributed by atoms with E-state index >= 15 is 0 Å². The Morgan fingerprint density at radius 3 is 2.71 bits per heavy atom. The van der Waals surface area contributed by atoms with Gasteiger partial charge in [-0.1, -0.05) is 12.1 Å². The fourth-order valence-corrected chi connectivity index (χ4v) is 1.83. The van der Waals surface area contributed by atoms with Crippen LogP contribution in [0.15, 0.2) is 24.3 Å². The molecular weight excluding hydrogens is 218 g/mol. The highest BCUT2D eigenvalue weighted by Gasteiger charge is 2.17. The second-order valence-electron chi connectivity index (χ2n) is 4.00. The van der Waals surface area contributed by atoms with Crippen LogP contribution in [0.3, 0.4) is 0 Å². The SMILES string of the molecule is CCOc1ccccc1OCC1C[NH2+]CCO1. The minimum atomic E-state index is 0.179. The van der Waals surface area contributed by atoms with Gasteiger partial charge in [-0.05, 0) is 19.1 Å². The smallest absolute Gasteiger partial charge is 0.161 e. The van der Waals surface area contributed by atoms with Crippen molar-refractivity contribution in [2.45, 2.75) is 13.0 Å². The number of hydrogen-bond donors (Lipinski definition) is 1. The van der Waals surface area contributed by atoms with Crippen LogP contribution >= 0.6 is 0 Å². The molecule has 1 aliphatic rings. The topological polar surface area (TPSA) is 44.3 Å². The van der Waals surface area contributed by atoms with E-state index < -0.39 is 0 Å². The van der Waals surface area contributed by atoms with Crippen molar-refractivity contribution >= 4 is 0 Å². The molecule has 0 amide bonds. The molecule has 1 aliphatic heterocycles. The lowest BCUT2D eigenvalue weighted by Crippen LogP contribution is -2.89. The van der Waals surface area contributed by atoms with Crippen LogP contribution in [0.4, 0.5) is 0 Å². The average Bonchev–Trinajstić information content (AvgIpc) is 2.39. The lowest BCUT2D eigenvalue weighted by Gasteiger charge is -2.21. The standard InChI is InChI=1S/C13H19NO3/c1-2-15-12-5-3-4-6-13(12)17-10-11-9-14-7-8-16-11/h3-6,11,14H,2,7-10H2,1H3/p+1. The van der Waals surface area contributed by atoms with Gasteiger partial charge in [-0.3, -0.25) is 0 Å². The summed E-state index contributed by atoms with van der Waals surface area (Å²) in [6, 6.07) is 7.75. The largest absolute Gasteiger partial charge is 0.490 e. The van der Waals surface area contributed by atoms with E-state index in [0.717, 1.165) is 31.2 Å². The number of ether oxygens (including phenoxy) is 3. The highest BCUT2D eigenvalue weighted by Crippen LogP contribution is 2.26. The maximum Gasteiger partial charge on any atom is 0.161 e. The summed E-state index contributed by atoms with van der Waals surface area (Å²) in [7, 11) is 0. The predicted molar refractivity (Wildman–Crippen MR) is 64.5 cm³/mol. The average molecular weight is 238 g/mol. The number of morpholine rings is 1. The molecule has 1 heterocycles. The fraction of sp³-hybridized carbons (Fsp3) is 0.538. The van der Waals surface area contributed by atoms with Crippen LogP contribution in [-0.2, 0) is 4.74 Å². The Bertz CT molecular complexity index is 337. The van der Waals surface area contributed by atoms with E-state index in [0.29, 0.717) is 13.2 Å². The number of hydrogen-bond acceptors (Lipinski definition) is 3. The molecule has 0 bridgehead atoms. The third-order valence-corrected chi connectivity index (χ3v) is 2.68. The van der Waals surface area contributed by atoms with Gasteiger partial charge in [0.1, 0.15) is 19.3 Å². The van der Waals surface area contributed by atoms with Gasteiger partial charge in [-0.15, -0.1) is 0 Å². The van der Waals surface area contributed by atoms with Gasteiger partial charge in [0.15, 0.2) is 11.5 Å². The summed E-state index contributed by atoms with van der Waals surface area (Å²) in [6.45, 7) is 6.02. The minimum Gasteiger partial charge on any atom is -0.490 e. The van der Waals surface area contributed by atoms with Crippen LogP contribution in [-0.4, -0.2) is 39.0 Å². The van der Waals surface area contributed by atoms with E-state index in [-0.39, 0.29) is 6.10 Å². The fourth-order valence-electron chi connectivity index (χ4n) is 1.83. The van der Waals surface area contributed by atoms with E-state index in [9.17, 15) is 0 Å². The molecule has 4 nitrogen and oxygen atoms in total. The number of rotatable bonds is 5. The minimum absolute atomic E-state index is 0.179. The molecule has 94 valence electrons. The lowest BCUT2D eigenvalue weighted by atomic mass is 10.3. The number of quaternary nitrogens is 1. The molecule has 2 N–H and O–H groups in total. The zero-order chi connectivity index (χ0) is 11.9. The summed E-state index contributed by atoms with van der Waals surface area (Å²) in [6.07, 6.45) is 0.179. The van der Waals surface area contributed by atoms with Gasteiger partial charge in [0, 0.05) is 0 Å². The summed E-state index contributed by atoms with van der Waals surface area (Å²) in [5.41, 5.74) is 0. The lowest BCUT2D eigenvalue weighted by molar-refractivity contribution is -0.677. The van der Waals surface area contributed by atoms with Crippen molar-refractivity contribution in [1.82, 2.24) is 0 Å². The van der Waals surface area contributed by atoms with Crippen LogP contribution < -0.4 is 14.8 Å². The quantitative estimate of drug-likeness (QED) is 0.809. The molecule has 1 unspecified atom stereocenters. The first-order chi connectivity index (χ1) is 8.40. The molecular formula is C13H20NO3+. The molecule has 1 aromatic carbocycles. The molecule has 0 spiro atoms. The molecule has 1 aromatic rings. The van der Waals surface area contributed by atoms with Crippen molar-refractivity contribution in [2.24, 2.45) is 0 Å². The van der Waals surface area contributed by atoms with Gasteiger partial charge in [0.05, 0.1) is 19.8 Å². The zero-order valence-corrected chi connectivity index (χ0v) is 10.2. The molecule has 0 aliphatic carbocycles. The molecule has 1 atom stereocenters. The molecule has 0 aromatic heterocycles. The zero-order valence-electron chi connectivity index (χ0n) is 10.2. The molecule has 4 heteroatoms. The molecule has 0 radical (unpaired) electrons. The summed E-state index contributed by atoms with van der Waals surface area (Å²) < 4.78 is 16.9. The van der Waals surface area contributed by atoms with E-state index in [1.54, 1.807) is 0 Å². The first-order valence-corrected chi connectivity index (χ1v) is 6.18. The normalized spacial score (nSPS) is 19.9.